The molecule has 7 nitrogen and oxygen atoms in total. The number of hydrogen-bond acceptors (Lipinski definition) is 4. The molecule has 0 unspecified atom stereocenters. The number of carbonyl (C=O) groups excluding carboxylic acids is 2. The number of nitrogens with one attached hydrogen (secondary N) is 1. The molecule has 1 saturated carbocycles. The molecule has 3 aromatic rings. The van der Waals surface area contributed by atoms with Crippen molar-refractivity contribution >= 4 is 54.2 Å². The predicted octanol–water partition coefficient (Wildman–Crippen LogP) is 5.76. The van der Waals surface area contributed by atoms with Crippen molar-refractivity contribution in [3.63, 3.8) is 0 Å². The number of halogens is 1. The van der Waals surface area contributed by atoms with Crippen molar-refractivity contribution in [3.8, 4) is 0 Å². The van der Waals surface area contributed by atoms with Gasteiger partial charge in [-0.1, -0.05) is 71.6 Å². The van der Waals surface area contributed by atoms with Gasteiger partial charge in [0.1, 0.15) is 6.04 Å². The van der Waals surface area contributed by atoms with Gasteiger partial charge in [0.05, 0.1) is 10.6 Å². The van der Waals surface area contributed by atoms with Gasteiger partial charge in [-0.05, 0) is 61.4 Å². The number of amides is 2. The Morgan fingerprint density at radius 3 is 2.44 bits per heavy atom. The first-order valence-electron chi connectivity index (χ1n) is 13.6. The van der Waals surface area contributed by atoms with E-state index < -0.39 is 16.1 Å². The summed E-state index contributed by atoms with van der Waals surface area (Å²) < 4.78 is 29.0. The summed E-state index contributed by atoms with van der Waals surface area (Å²) in [7, 11) is -3.68. The highest BCUT2D eigenvalue weighted by molar-refractivity contribution is 9.10. The second kappa shape index (κ2) is 11.7. The van der Waals surface area contributed by atoms with E-state index in [1.807, 2.05) is 48.5 Å². The third kappa shape index (κ3) is 5.84. The van der Waals surface area contributed by atoms with Crippen LogP contribution in [0.25, 0.3) is 10.8 Å². The highest BCUT2D eigenvalue weighted by atomic mass is 79.9. The average Bonchev–Trinajstić information content (AvgIpc) is 3.16. The first-order valence-corrected chi connectivity index (χ1v) is 15.9. The lowest BCUT2D eigenvalue weighted by molar-refractivity contribution is -0.141. The third-order valence-corrected chi connectivity index (χ3v) is 10.2. The van der Waals surface area contributed by atoms with Crippen molar-refractivity contribution in [2.24, 2.45) is 0 Å². The van der Waals surface area contributed by atoms with Crippen molar-refractivity contribution in [3.05, 3.63) is 70.7 Å². The summed E-state index contributed by atoms with van der Waals surface area (Å²) in [6.07, 6.45) is 5.83. The van der Waals surface area contributed by atoms with Crippen molar-refractivity contribution in [1.29, 1.82) is 0 Å². The highest BCUT2D eigenvalue weighted by Gasteiger charge is 2.35. The van der Waals surface area contributed by atoms with Crippen LogP contribution in [0.3, 0.4) is 0 Å². The highest BCUT2D eigenvalue weighted by Crippen LogP contribution is 2.42. The van der Waals surface area contributed by atoms with Gasteiger partial charge in [0, 0.05) is 35.4 Å². The Bertz CT molecular complexity index is 1460. The predicted molar refractivity (Wildman–Crippen MR) is 157 cm³/mol. The largest absolute Gasteiger partial charge is 0.352 e. The summed E-state index contributed by atoms with van der Waals surface area (Å²) >= 11 is 3.45. The number of anilines is 1. The number of carbonyl (C=O) groups is 2. The Kier molecular flexibility index (Phi) is 8.28. The monoisotopic (exact) mass is 611 g/mol. The van der Waals surface area contributed by atoms with Crippen molar-refractivity contribution < 1.29 is 18.0 Å². The molecule has 1 fully saturated rings. The van der Waals surface area contributed by atoms with Crippen LogP contribution >= 0.6 is 15.9 Å². The maximum atomic E-state index is 13.6. The van der Waals surface area contributed by atoms with Gasteiger partial charge in [-0.15, -0.1) is 0 Å². The molecular formula is C30H34BrN3O4S. The molecule has 2 amide bonds. The van der Waals surface area contributed by atoms with Crippen LogP contribution in [0.2, 0.25) is 0 Å². The lowest BCUT2D eigenvalue weighted by atomic mass is 9.95. The smallest absolute Gasteiger partial charge is 0.265 e. The fraction of sp³-hybridized carbons (Fsp3) is 0.400. The van der Waals surface area contributed by atoms with Crippen LogP contribution in [-0.4, -0.2) is 43.8 Å². The van der Waals surface area contributed by atoms with E-state index in [0.717, 1.165) is 46.5 Å². The van der Waals surface area contributed by atoms with Gasteiger partial charge in [0.15, 0.2) is 0 Å². The van der Waals surface area contributed by atoms with Gasteiger partial charge in [0.25, 0.3) is 10.0 Å². The fourth-order valence-electron chi connectivity index (χ4n) is 5.65. The van der Waals surface area contributed by atoms with Crippen LogP contribution < -0.4 is 9.62 Å². The Hall–Kier alpha value is -2.91. The van der Waals surface area contributed by atoms with Gasteiger partial charge in [-0.25, -0.2) is 8.42 Å². The maximum Gasteiger partial charge on any atom is 0.265 e. The second-order valence-corrected chi connectivity index (χ2v) is 13.2. The van der Waals surface area contributed by atoms with Crippen molar-refractivity contribution in [2.75, 3.05) is 10.8 Å². The zero-order valence-corrected chi connectivity index (χ0v) is 24.5. The van der Waals surface area contributed by atoms with Crippen LogP contribution in [0.15, 0.2) is 70.0 Å². The summed E-state index contributed by atoms with van der Waals surface area (Å²) in [5, 5.41) is 4.77. The lowest BCUT2D eigenvalue weighted by Crippen LogP contribution is -2.50. The van der Waals surface area contributed by atoms with Crippen LogP contribution in [0.1, 0.15) is 57.4 Å². The molecule has 2 aliphatic rings. The summed E-state index contributed by atoms with van der Waals surface area (Å²) in [5.74, 6) is -0.312. The molecule has 1 aliphatic carbocycles. The zero-order chi connectivity index (χ0) is 27.6. The molecule has 5 rings (SSSR count). The van der Waals surface area contributed by atoms with Crippen molar-refractivity contribution in [2.45, 2.75) is 75.4 Å². The standard InChI is InChI=1S/C30H34BrN3O4S/c1-21(30(36)32-25-10-3-2-4-11-25)33(20-22-15-17-24(31)18-16-22)28(35)14-7-19-34-26-12-5-8-23-9-6-13-27(29(23)26)39(34,37)38/h5-6,8-9,12-13,15-18,21,25H,2-4,7,10-11,14,19-20H2,1H3,(H,32,36)/t21-/m1/s1. The maximum absolute atomic E-state index is 13.6. The molecule has 39 heavy (non-hydrogen) atoms. The van der Waals surface area contributed by atoms with Crippen LogP contribution in [-0.2, 0) is 26.2 Å². The first-order chi connectivity index (χ1) is 18.8. The van der Waals surface area contributed by atoms with Crippen LogP contribution in [0.4, 0.5) is 5.69 Å². The first kappa shape index (κ1) is 27.6. The molecule has 206 valence electrons. The molecule has 1 atom stereocenters. The molecule has 3 aromatic carbocycles. The molecule has 1 aliphatic heterocycles. The third-order valence-electron chi connectivity index (χ3n) is 7.82. The molecule has 0 spiro atoms. The van der Waals surface area contributed by atoms with Crippen molar-refractivity contribution in [1.82, 2.24) is 10.2 Å². The summed E-state index contributed by atoms with van der Waals surface area (Å²) in [6.45, 7) is 2.27. The fourth-order valence-corrected chi connectivity index (χ4v) is 7.67. The van der Waals surface area contributed by atoms with Gasteiger partial charge < -0.3 is 10.2 Å². The molecule has 0 aromatic heterocycles. The number of hydrogen-bond donors (Lipinski definition) is 1. The Morgan fingerprint density at radius 1 is 1.03 bits per heavy atom. The quantitative estimate of drug-likeness (QED) is 0.333. The van der Waals surface area contributed by atoms with Gasteiger partial charge in [0.2, 0.25) is 11.8 Å². The summed E-state index contributed by atoms with van der Waals surface area (Å²) in [5.41, 5.74) is 1.58. The average molecular weight is 613 g/mol. The van der Waals surface area contributed by atoms with E-state index in [4.69, 9.17) is 0 Å². The SMILES string of the molecule is C[C@H](C(=O)NC1CCCCC1)N(Cc1ccc(Br)cc1)C(=O)CCCN1c2cccc3cccc(c23)S1(=O)=O. The molecule has 9 heteroatoms. The summed E-state index contributed by atoms with van der Waals surface area (Å²) in [4.78, 5) is 28.7. The topological polar surface area (TPSA) is 86.8 Å². The van der Waals surface area contributed by atoms with Crippen LogP contribution in [0.5, 0.6) is 0 Å². The van der Waals surface area contributed by atoms with E-state index >= 15 is 0 Å². The minimum absolute atomic E-state index is 0.135. The number of benzene rings is 3. The minimum Gasteiger partial charge on any atom is -0.352 e. The Labute approximate surface area is 238 Å². The lowest BCUT2D eigenvalue weighted by Gasteiger charge is -2.31. The van der Waals surface area contributed by atoms with E-state index in [-0.39, 0.29) is 30.8 Å². The van der Waals surface area contributed by atoms with E-state index in [1.165, 1.54) is 10.7 Å². The molecular weight excluding hydrogens is 578 g/mol. The van der Waals surface area contributed by atoms with E-state index in [0.29, 0.717) is 23.5 Å². The molecule has 0 saturated heterocycles. The molecule has 0 radical (unpaired) electrons. The summed E-state index contributed by atoms with van der Waals surface area (Å²) in [6, 6.07) is 18.1. The minimum atomic E-state index is -3.68. The Balaban J connectivity index is 1.29. The van der Waals surface area contributed by atoms with Gasteiger partial charge >= 0.3 is 0 Å². The normalized spacial score (nSPS) is 17.2. The van der Waals surface area contributed by atoms with Gasteiger partial charge in [-0.3, -0.25) is 13.9 Å². The number of sulfonamides is 1. The van der Waals surface area contributed by atoms with E-state index in [1.54, 1.807) is 24.0 Å². The molecule has 0 bridgehead atoms. The second-order valence-electron chi connectivity index (χ2n) is 10.5. The number of nitrogens with zero attached hydrogens (tertiary/aromatic N) is 2. The molecule has 1 N–H and O–H groups in total. The number of rotatable bonds is 9. The zero-order valence-electron chi connectivity index (χ0n) is 22.1. The van der Waals surface area contributed by atoms with E-state index in [2.05, 4.69) is 21.2 Å². The van der Waals surface area contributed by atoms with Gasteiger partial charge in [-0.2, -0.15) is 0 Å². The Morgan fingerprint density at radius 2 is 1.72 bits per heavy atom. The van der Waals surface area contributed by atoms with Crippen LogP contribution in [0, 0.1) is 0 Å². The molecule has 1 heterocycles. The van der Waals surface area contributed by atoms with E-state index in [9.17, 15) is 18.0 Å².